The number of hydrogen-bond donors (Lipinski definition) is 1. The molecule has 3 heteroatoms. The Labute approximate surface area is 110 Å². The van der Waals surface area contributed by atoms with Crippen LogP contribution in [0, 0.1) is 17.2 Å². The quantitative estimate of drug-likeness (QED) is 0.830. The van der Waals surface area contributed by atoms with Gasteiger partial charge in [-0.25, -0.2) is 0 Å². The number of nitriles is 1. The van der Waals surface area contributed by atoms with Gasteiger partial charge in [0.1, 0.15) is 5.75 Å². The third-order valence-electron chi connectivity index (χ3n) is 3.08. The Balaban J connectivity index is 2.79. The summed E-state index contributed by atoms with van der Waals surface area (Å²) in [5, 5.41) is 12.2. The third-order valence-corrected chi connectivity index (χ3v) is 3.08. The Morgan fingerprint density at radius 3 is 2.61 bits per heavy atom. The maximum atomic E-state index is 8.92. The Morgan fingerprint density at radius 1 is 1.39 bits per heavy atom. The van der Waals surface area contributed by atoms with Gasteiger partial charge in [-0.1, -0.05) is 20.8 Å². The number of benzene rings is 1. The highest BCUT2D eigenvalue weighted by molar-refractivity contribution is 5.52. The molecule has 0 aliphatic carbocycles. The summed E-state index contributed by atoms with van der Waals surface area (Å²) in [4.78, 5) is 0. The van der Waals surface area contributed by atoms with E-state index in [1.807, 2.05) is 19.1 Å². The molecule has 0 heterocycles. The van der Waals surface area contributed by atoms with Crippen LogP contribution in [-0.4, -0.2) is 13.7 Å². The Hall–Kier alpha value is -1.69. The van der Waals surface area contributed by atoms with Crippen LogP contribution < -0.4 is 10.1 Å². The van der Waals surface area contributed by atoms with Crippen molar-refractivity contribution in [2.75, 3.05) is 19.0 Å². The Kier molecular flexibility index (Phi) is 5.51. The number of nitrogens with zero attached hydrogens (tertiary/aromatic N) is 1. The van der Waals surface area contributed by atoms with Crippen molar-refractivity contribution in [3.05, 3.63) is 23.8 Å². The van der Waals surface area contributed by atoms with Crippen LogP contribution in [0.3, 0.4) is 0 Å². The molecule has 1 aromatic carbocycles. The van der Waals surface area contributed by atoms with Crippen LogP contribution in [-0.2, 0) is 0 Å². The average molecular weight is 246 g/mol. The summed E-state index contributed by atoms with van der Waals surface area (Å²) >= 11 is 0. The molecule has 0 saturated heterocycles. The van der Waals surface area contributed by atoms with Crippen molar-refractivity contribution in [3.63, 3.8) is 0 Å². The van der Waals surface area contributed by atoms with Gasteiger partial charge in [0.15, 0.2) is 0 Å². The van der Waals surface area contributed by atoms with Crippen LogP contribution >= 0.6 is 0 Å². The maximum absolute atomic E-state index is 8.92. The predicted molar refractivity (Wildman–Crippen MR) is 75.0 cm³/mol. The standard InChI is InChI=1S/C15H22N2O/c1-5-12(9-16)10-17-13-6-7-15(18-4)14(8-13)11(2)3/h6-8,11-12,17H,5,10H2,1-4H3. The van der Waals surface area contributed by atoms with Crippen LogP contribution in [0.15, 0.2) is 18.2 Å². The summed E-state index contributed by atoms with van der Waals surface area (Å²) in [6.45, 7) is 7.01. The Bertz CT molecular complexity index is 421. The van der Waals surface area contributed by atoms with E-state index < -0.39 is 0 Å². The summed E-state index contributed by atoms with van der Waals surface area (Å²) in [6, 6.07) is 8.37. The largest absolute Gasteiger partial charge is 0.496 e. The van der Waals surface area contributed by atoms with Crippen molar-refractivity contribution in [2.24, 2.45) is 5.92 Å². The van der Waals surface area contributed by atoms with Crippen LogP contribution in [0.4, 0.5) is 5.69 Å². The van der Waals surface area contributed by atoms with E-state index >= 15 is 0 Å². The first kappa shape index (κ1) is 14.4. The third kappa shape index (κ3) is 3.66. The lowest BCUT2D eigenvalue weighted by Crippen LogP contribution is -2.12. The Morgan fingerprint density at radius 2 is 2.11 bits per heavy atom. The van der Waals surface area contributed by atoms with Gasteiger partial charge in [0.05, 0.1) is 19.1 Å². The molecule has 18 heavy (non-hydrogen) atoms. The van der Waals surface area contributed by atoms with Gasteiger partial charge in [-0.2, -0.15) is 5.26 Å². The second-order valence-electron chi connectivity index (χ2n) is 4.73. The fourth-order valence-electron chi connectivity index (χ4n) is 1.82. The number of nitrogens with one attached hydrogen (secondary N) is 1. The lowest BCUT2D eigenvalue weighted by atomic mass is 10.0. The molecule has 1 N–H and O–H groups in total. The summed E-state index contributed by atoms with van der Waals surface area (Å²) in [5.74, 6) is 1.40. The molecule has 0 aliphatic heterocycles. The lowest BCUT2D eigenvalue weighted by molar-refractivity contribution is 0.407. The minimum Gasteiger partial charge on any atom is -0.496 e. The molecule has 0 radical (unpaired) electrons. The molecule has 1 aromatic rings. The van der Waals surface area contributed by atoms with Gasteiger partial charge in [-0.3, -0.25) is 0 Å². The zero-order valence-electron chi connectivity index (χ0n) is 11.7. The zero-order valence-corrected chi connectivity index (χ0v) is 11.7. The van der Waals surface area contributed by atoms with Crippen LogP contribution in [0.25, 0.3) is 0 Å². The number of hydrogen-bond acceptors (Lipinski definition) is 3. The number of anilines is 1. The molecule has 1 unspecified atom stereocenters. The van der Waals surface area contributed by atoms with Gasteiger partial charge in [0.25, 0.3) is 0 Å². The molecule has 0 saturated carbocycles. The van der Waals surface area contributed by atoms with Crippen molar-refractivity contribution >= 4 is 5.69 Å². The van der Waals surface area contributed by atoms with Gasteiger partial charge in [-0.15, -0.1) is 0 Å². The first-order valence-corrected chi connectivity index (χ1v) is 6.43. The first-order valence-electron chi connectivity index (χ1n) is 6.43. The summed E-state index contributed by atoms with van der Waals surface area (Å²) in [6.07, 6.45) is 0.872. The fourth-order valence-corrected chi connectivity index (χ4v) is 1.82. The van der Waals surface area contributed by atoms with Crippen LogP contribution in [0.1, 0.15) is 38.7 Å². The molecular formula is C15H22N2O. The highest BCUT2D eigenvalue weighted by Gasteiger charge is 2.09. The van der Waals surface area contributed by atoms with Crippen molar-refractivity contribution < 1.29 is 4.74 Å². The number of ether oxygens (including phenoxy) is 1. The summed E-state index contributed by atoms with van der Waals surface area (Å²) < 4.78 is 5.35. The SMILES string of the molecule is CCC(C#N)CNc1ccc(OC)c(C(C)C)c1. The molecule has 0 amide bonds. The van der Waals surface area contributed by atoms with Crippen molar-refractivity contribution in [1.29, 1.82) is 5.26 Å². The van der Waals surface area contributed by atoms with Crippen molar-refractivity contribution in [3.8, 4) is 11.8 Å². The molecule has 0 spiro atoms. The molecule has 1 rings (SSSR count). The van der Waals surface area contributed by atoms with E-state index in [9.17, 15) is 0 Å². The molecule has 0 bridgehead atoms. The van der Waals surface area contributed by atoms with Crippen LogP contribution in [0.5, 0.6) is 5.75 Å². The van der Waals surface area contributed by atoms with E-state index in [0.717, 1.165) is 17.9 Å². The van der Waals surface area contributed by atoms with Gasteiger partial charge in [0, 0.05) is 12.2 Å². The molecular weight excluding hydrogens is 224 g/mol. The zero-order chi connectivity index (χ0) is 13.5. The first-order chi connectivity index (χ1) is 8.62. The van der Waals surface area contributed by atoms with Crippen LogP contribution in [0.2, 0.25) is 0 Å². The smallest absolute Gasteiger partial charge is 0.122 e. The van der Waals surface area contributed by atoms with E-state index in [1.54, 1.807) is 7.11 Å². The van der Waals surface area contributed by atoms with E-state index in [2.05, 4.69) is 31.3 Å². The minimum absolute atomic E-state index is 0.0644. The normalized spacial score (nSPS) is 12.0. The minimum atomic E-state index is 0.0644. The van der Waals surface area contributed by atoms with E-state index in [4.69, 9.17) is 10.00 Å². The number of rotatable bonds is 6. The molecule has 0 aliphatic rings. The van der Waals surface area contributed by atoms with Crippen molar-refractivity contribution in [1.82, 2.24) is 0 Å². The highest BCUT2D eigenvalue weighted by atomic mass is 16.5. The van der Waals surface area contributed by atoms with E-state index in [1.165, 1.54) is 5.56 Å². The topological polar surface area (TPSA) is 45.0 Å². The molecule has 3 nitrogen and oxygen atoms in total. The second-order valence-corrected chi connectivity index (χ2v) is 4.73. The monoisotopic (exact) mass is 246 g/mol. The number of methoxy groups -OCH3 is 1. The average Bonchev–Trinajstić information content (AvgIpc) is 2.39. The van der Waals surface area contributed by atoms with Gasteiger partial charge >= 0.3 is 0 Å². The molecule has 0 fully saturated rings. The van der Waals surface area contributed by atoms with Gasteiger partial charge in [0.2, 0.25) is 0 Å². The molecule has 0 aromatic heterocycles. The van der Waals surface area contributed by atoms with E-state index in [0.29, 0.717) is 12.5 Å². The molecule has 98 valence electrons. The highest BCUT2D eigenvalue weighted by Crippen LogP contribution is 2.29. The lowest BCUT2D eigenvalue weighted by Gasteiger charge is -2.15. The summed E-state index contributed by atoms with van der Waals surface area (Å²) in [7, 11) is 1.69. The fraction of sp³-hybridized carbons (Fsp3) is 0.533. The van der Waals surface area contributed by atoms with E-state index in [-0.39, 0.29) is 5.92 Å². The maximum Gasteiger partial charge on any atom is 0.122 e. The summed E-state index contributed by atoms with van der Waals surface area (Å²) in [5.41, 5.74) is 2.24. The van der Waals surface area contributed by atoms with Gasteiger partial charge in [-0.05, 0) is 36.1 Å². The predicted octanol–water partition coefficient (Wildman–Crippen LogP) is 3.78. The van der Waals surface area contributed by atoms with Crippen molar-refractivity contribution in [2.45, 2.75) is 33.1 Å². The van der Waals surface area contributed by atoms with Gasteiger partial charge < -0.3 is 10.1 Å². The molecule has 1 atom stereocenters. The second kappa shape index (κ2) is 6.90.